The summed E-state index contributed by atoms with van der Waals surface area (Å²) in [6.07, 6.45) is 2.86. The van der Waals surface area contributed by atoms with Crippen LogP contribution in [0.5, 0.6) is 5.75 Å². The second-order valence-electron chi connectivity index (χ2n) is 5.59. The van der Waals surface area contributed by atoms with Gasteiger partial charge in [-0.1, -0.05) is 0 Å². The number of rotatable bonds is 7. The van der Waals surface area contributed by atoms with Crippen LogP contribution in [0.25, 0.3) is 0 Å². The van der Waals surface area contributed by atoms with Gasteiger partial charge in [0.05, 0.1) is 12.5 Å². The molecule has 3 aromatic rings. The van der Waals surface area contributed by atoms with E-state index in [9.17, 15) is 14.0 Å². The highest BCUT2D eigenvalue weighted by Crippen LogP contribution is 2.12. The lowest BCUT2D eigenvalue weighted by molar-refractivity contribution is -0.118. The summed E-state index contributed by atoms with van der Waals surface area (Å²) in [7, 11) is 0. The highest BCUT2D eigenvalue weighted by Gasteiger charge is 2.06. The van der Waals surface area contributed by atoms with E-state index >= 15 is 0 Å². The van der Waals surface area contributed by atoms with Gasteiger partial charge in [0.1, 0.15) is 11.6 Å². The second-order valence-corrected chi connectivity index (χ2v) is 5.59. The molecule has 3 rings (SSSR count). The van der Waals surface area contributed by atoms with Gasteiger partial charge < -0.3 is 14.5 Å². The van der Waals surface area contributed by atoms with Crippen molar-refractivity contribution >= 4 is 23.7 Å². The van der Waals surface area contributed by atoms with Crippen LogP contribution in [0.4, 0.5) is 10.1 Å². The first-order valence-electron chi connectivity index (χ1n) is 8.25. The van der Waals surface area contributed by atoms with Crippen molar-refractivity contribution in [3.63, 3.8) is 0 Å². The van der Waals surface area contributed by atoms with Crippen LogP contribution in [-0.2, 0) is 4.79 Å². The fourth-order valence-corrected chi connectivity index (χ4v) is 2.16. The van der Waals surface area contributed by atoms with E-state index in [1.807, 2.05) is 0 Å². The number of hydrogen-bond acceptors (Lipinski definition) is 5. The minimum Gasteiger partial charge on any atom is -0.484 e. The largest absolute Gasteiger partial charge is 0.484 e. The Bertz CT molecular complexity index is 952. The van der Waals surface area contributed by atoms with Gasteiger partial charge in [0.25, 0.3) is 5.91 Å². The van der Waals surface area contributed by atoms with E-state index in [2.05, 4.69) is 15.8 Å². The van der Waals surface area contributed by atoms with E-state index in [0.29, 0.717) is 11.4 Å². The molecule has 0 aliphatic carbocycles. The summed E-state index contributed by atoms with van der Waals surface area (Å²) in [6.45, 7) is -0.190. The minimum atomic E-state index is -0.451. The van der Waals surface area contributed by atoms with E-state index in [0.717, 1.165) is 5.56 Å². The number of nitrogens with one attached hydrogen (secondary N) is 2. The van der Waals surface area contributed by atoms with E-state index in [1.165, 1.54) is 42.8 Å². The van der Waals surface area contributed by atoms with Crippen molar-refractivity contribution in [2.45, 2.75) is 0 Å². The Hall–Kier alpha value is -3.94. The summed E-state index contributed by atoms with van der Waals surface area (Å²) >= 11 is 0. The van der Waals surface area contributed by atoms with Crippen LogP contribution in [0.1, 0.15) is 16.1 Å². The third-order valence-corrected chi connectivity index (χ3v) is 3.50. The number of hydrazone groups is 1. The molecule has 28 heavy (non-hydrogen) atoms. The van der Waals surface area contributed by atoms with Crippen molar-refractivity contribution in [3.8, 4) is 5.75 Å². The maximum atomic E-state index is 12.8. The standard InChI is InChI=1S/C20H16FN3O4/c21-15-5-7-16(8-6-15)23-19(25)13-28-17-9-3-14(4-10-17)12-22-24-20(26)18-2-1-11-27-18/h1-12H,13H2,(H,23,25)(H,24,26)/b22-12+. The molecule has 0 unspecified atom stereocenters. The lowest BCUT2D eigenvalue weighted by Crippen LogP contribution is -2.20. The predicted octanol–water partition coefficient (Wildman–Crippen LogP) is 3.20. The molecule has 0 radical (unpaired) electrons. The van der Waals surface area contributed by atoms with Gasteiger partial charge >= 0.3 is 5.91 Å². The van der Waals surface area contributed by atoms with Gasteiger partial charge in [0, 0.05) is 5.69 Å². The molecular formula is C20H16FN3O4. The smallest absolute Gasteiger partial charge is 0.307 e. The average molecular weight is 381 g/mol. The first kappa shape index (κ1) is 18.8. The maximum absolute atomic E-state index is 12.8. The Morgan fingerprint density at radius 2 is 1.82 bits per heavy atom. The summed E-state index contributed by atoms with van der Waals surface area (Å²) in [6, 6.07) is 15.4. The van der Waals surface area contributed by atoms with Gasteiger partial charge in [0.15, 0.2) is 12.4 Å². The Labute approximate surface area is 159 Å². The van der Waals surface area contributed by atoms with Gasteiger partial charge in [-0.3, -0.25) is 9.59 Å². The van der Waals surface area contributed by atoms with Gasteiger partial charge in [-0.15, -0.1) is 0 Å². The number of ether oxygens (including phenoxy) is 1. The lowest BCUT2D eigenvalue weighted by Gasteiger charge is -2.07. The zero-order chi connectivity index (χ0) is 19.8. The van der Waals surface area contributed by atoms with Gasteiger partial charge in [-0.2, -0.15) is 5.10 Å². The van der Waals surface area contributed by atoms with Crippen LogP contribution in [0, 0.1) is 5.82 Å². The number of anilines is 1. The van der Waals surface area contributed by atoms with Crippen LogP contribution in [0.3, 0.4) is 0 Å². The Balaban J connectivity index is 1.44. The number of hydrogen-bond donors (Lipinski definition) is 2. The molecule has 7 nitrogen and oxygen atoms in total. The van der Waals surface area contributed by atoms with E-state index < -0.39 is 5.91 Å². The number of carbonyl (C=O) groups excluding carboxylic acids is 2. The second kappa shape index (κ2) is 9.13. The van der Waals surface area contributed by atoms with Crippen molar-refractivity contribution in [2.75, 3.05) is 11.9 Å². The van der Waals surface area contributed by atoms with Crippen molar-refractivity contribution in [1.82, 2.24) is 5.43 Å². The molecule has 1 heterocycles. The molecular weight excluding hydrogens is 365 g/mol. The van der Waals surface area contributed by atoms with Crippen LogP contribution in [0.15, 0.2) is 76.4 Å². The third-order valence-electron chi connectivity index (χ3n) is 3.50. The molecule has 0 spiro atoms. The number of amides is 2. The number of halogens is 1. The molecule has 1 aromatic heterocycles. The highest BCUT2D eigenvalue weighted by atomic mass is 19.1. The molecule has 2 amide bonds. The van der Waals surface area contributed by atoms with Gasteiger partial charge in [0.2, 0.25) is 0 Å². The number of carbonyl (C=O) groups is 2. The third kappa shape index (κ3) is 5.53. The van der Waals surface area contributed by atoms with Crippen molar-refractivity contribution in [1.29, 1.82) is 0 Å². The zero-order valence-corrected chi connectivity index (χ0v) is 14.6. The van der Waals surface area contributed by atoms with Crippen LogP contribution in [-0.4, -0.2) is 24.6 Å². The van der Waals surface area contributed by atoms with Crippen molar-refractivity contribution in [2.24, 2.45) is 5.10 Å². The maximum Gasteiger partial charge on any atom is 0.307 e. The molecule has 0 aliphatic rings. The Morgan fingerprint density at radius 1 is 1.07 bits per heavy atom. The molecule has 2 N–H and O–H groups in total. The topological polar surface area (TPSA) is 92.9 Å². The minimum absolute atomic E-state index is 0.166. The summed E-state index contributed by atoms with van der Waals surface area (Å²) < 4.78 is 23.2. The highest BCUT2D eigenvalue weighted by molar-refractivity contribution is 5.92. The normalized spacial score (nSPS) is 10.6. The van der Waals surface area contributed by atoms with Gasteiger partial charge in [-0.05, 0) is 66.2 Å². The number of furan rings is 1. The summed E-state index contributed by atoms with van der Waals surface area (Å²) in [4.78, 5) is 23.5. The molecule has 0 atom stereocenters. The number of nitrogens with zero attached hydrogens (tertiary/aromatic N) is 1. The van der Waals surface area contributed by atoms with E-state index in [4.69, 9.17) is 9.15 Å². The van der Waals surface area contributed by atoms with Gasteiger partial charge in [-0.25, -0.2) is 9.82 Å². The Morgan fingerprint density at radius 3 is 2.50 bits per heavy atom. The van der Waals surface area contributed by atoms with Crippen molar-refractivity contribution in [3.05, 3.63) is 84.1 Å². The van der Waals surface area contributed by atoms with Crippen molar-refractivity contribution < 1.29 is 23.1 Å². The molecule has 0 saturated carbocycles. The first-order valence-corrected chi connectivity index (χ1v) is 8.25. The molecule has 8 heteroatoms. The lowest BCUT2D eigenvalue weighted by atomic mass is 10.2. The molecule has 142 valence electrons. The molecule has 0 aliphatic heterocycles. The fraction of sp³-hybridized carbons (Fsp3) is 0.0500. The quantitative estimate of drug-likeness (QED) is 0.486. The SMILES string of the molecule is O=C(COc1ccc(/C=N/NC(=O)c2ccco2)cc1)Nc1ccc(F)cc1. The van der Waals surface area contributed by atoms with Crippen LogP contribution < -0.4 is 15.5 Å². The monoisotopic (exact) mass is 381 g/mol. The van der Waals surface area contributed by atoms with E-state index in [1.54, 1.807) is 30.3 Å². The molecule has 0 fully saturated rings. The molecule has 0 saturated heterocycles. The van der Waals surface area contributed by atoms with Crippen LogP contribution >= 0.6 is 0 Å². The number of benzene rings is 2. The summed E-state index contributed by atoms with van der Waals surface area (Å²) in [5.74, 6) is -0.532. The summed E-state index contributed by atoms with van der Waals surface area (Å²) in [5, 5.41) is 6.44. The summed E-state index contributed by atoms with van der Waals surface area (Å²) in [5.41, 5.74) is 3.55. The average Bonchev–Trinajstić information content (AvgIpc) is 3.24. The Kier molecular flexibility index (Phi) is 6.14. The first-order chi connectivity index (χ1) is 13.6. The molecule has 2 aromatic carbocycles. The van der Waals surface area contributed by atoms with Crippen LogP contribution in [0.2, 0.25) is 0 Å². The fourth-order valence-electron chi connectivity index (χ4n) is 2.16. The zero-order valence-electron chi connectivity index (χ0n) is 14.6. The van der Waals surface area contributed by atoms with E-state index in [-0.39, 0.29) is 24.1 Å². The predicted molar refractivity (Wildman–Crippen MR) is 101 cm³/mol. The molecule has 0 bridgehead atoms.